The Bertz CT molecular complexity index is 564. The van der Waals surface area contributed by atoms with E-state index in [2.05, 4.69) is 13.8 Å². The molecule has 0 spiro atoms. The molecule has 0 saturated carbocycles. The van der Waals surface area contributed by atoms with Gasteiger partial charge < -0.3 is 0 Å². The predicted octanol–water partition coefficient (Wildman–Crippen LogP) is 6.65. The average Bonchev–Trinajstić information content (AvgIpc) is 2.60. The molecule has 0 aliphatic carbocycles. The van der Waals surface area contributed by atoms with Gasteiger partial charge in [-0.15, -0.1) is 0 Å². The second-order valence-electron chi connectivity index (χ2n) is 7.60. The molecule has 0 radical (unpaired) electrons. The predicted molar refractivity (Wildman–Crippen MR) is 110 cm³/mol. The zero-order valence-electron chi connectivity index (χ0n) is 17.0. The first-order chi connectivity index (χ1) is 12.5. The number of hydrogen-bond acceptors (Lipinski definition) is 3. The number of unbranched alkanes of at least 4 members (excludes halogenated alkanes) is 8. The molecular weight excluding hydrogens is 344 g/mol. The summed E-state index contributed by atoms with van der Waals surface area (Å²) in [6, 6.07) is 6.80. The third-order valence-electron chi connectivity index (χ3n) is 4.96. The fourth-order valence-electron chi connectivity index (χ4n) is 3.08. The van der Waals surface area contributed by atoms with Gasteiger partial charge in [0.1, 0.15) is 0 Å². The molecule has 1 aromatic carbocycles. The summed E-state index contributed by atoms with van der Waals surface area (Å²) in [7, 11) is -3.61. The highest BCUT2D eigenvalue weighted by Crippen LogP contribution is 2.18. The first-order valence-corrected chi connectivity index (χ1v) is 11.8. The number of rotatable bonds is 15. The quantitative estimate of drug-likeness (QED) is 0.252. The van der Waals surface area contributed by atoms with E-state index in [-0.39, 0.29) is 11.5 Å². The normalized spacial score (nSPS) is 13.0. The summed E-state index contributed by atoms with van der Waals surface area (Å²) >= 11 is 0. The second-order valence-corrected chi connectivity index (χ2v) is 9.22. The van der Waals surface area contributed by atoms with Crippen LogP contribution in [0.1, 0.15) is 90.0 Å². The lowest BCUT2D eigenvalue weighted by molar-refractivity contribution is 0.280. The van der Waals surface area contributed by atoms with Gasteiger partial charge in [-0.1, -0.05) is 95.8 Å². The SMILES string of the molecule is CCCCCCCCCCCC(C)CCOS(=O)(=O)c1ccc(C)cc1. The van der Waals surface area contributed by atoms with E-state index in [1.807, 2.05) is 6.92 Å². The molecule has 26 heavy (non-hydrogen) atoms. The van der Waals surface area contributed by atoms with Crippen molar-refractivity contribution in [2.24, 2.45) is 5.92 Å². The van der Waals surface area contributed by atoms with Crippen LogP contribution in [0.5, 0.6) is 0 Å². The molecule has 150 valence electrons. The van der Waals surface area contributed by atoms with E-state index in [0.29, 0.717) is 5.92 Å². The zero-order valence-corrected chi connectivity index (χ0v) is 17.8. The Kier molecular flexibility index (Phi) is 11.9. The molecule has 1 unspecified atom stereocenters. The molecule has 0 aliphatic heterocycles. The molecule has 0 bridgehead atoms. The lowest BCUT2D eigenvalue weighted by atomic mass is 9.99. The fourth-order valence-corrected chi connectivity index (χ4v) is 4.00. The molecule has 1 rings (SSSR count). The Morgan fingerprint density at radius 1 is 0.846 bits per heavy atom. The van der Waals surface area contributed by atoms with Crippen LogP contribution in [0.15, 0.2) is 29.2 Å². The van der Waals surface area contributed by atoms with Crippen molar-refractivity contribution >= 4 is 10.1 Å². The fraction of sp³-hybridized carbons (Fsp3) is 0.727. The Labute approximate surface area is 161 Å². The van der Waals surface area contributed by atoms with Crippen molar-refractivity contribution in [1.82, 2.24) is 0 Å². The Morgan fingerprint density at radius 2 is 1.38 bits per heavy atom. The highest BCUT2D eigenvalue weighted by Gasteiger charge is 2.15. The van der Waals surface area contributed by atoms with Crippen molar-refractivity contribution in [3.63, 3.8) is 0 Å². The maximum absolute atomic E-state index is 12.1. The third-order valence-corrected chi connectivity index (χ3v) is 6.29. The summed E-state index contributed by atoms with van der Waals surface area (Å²) in [4.78, 5) is 0.245. The summed E-state index contributed by atoms with van der Waals surface area (Å²) in [6.07, 6.45) is 14.0. The van der Waals surface area contributed by atoms with Gasteiger partial charge in [-0.25, -0.2) is 0 Å². The summed E-state index contributed by atoms with van der Waals surface area (Å²) in [5.74, 6) is 0.507. The monoisotopic (exact) mass is 382 g/mol. The van der Waals surface area contributed by atoms with Gasteiger partial charge in [0, 0.05) is 0 Å². The molecule has 3 nitrogen and oxygen atoms in total. The van der Waals surface area contributed by atoms with Crippen LogP contribution in [0, 0.1) is 12.8 Å². The highest BCUT2D eigenvalue weighted by atomic mass is 32.2. The van der Waals surface area contributed by atoms with E-state index in [4.69, 9.17) is 4.18 Å². The average molecular weight is 383 g/mol. The van der Waals surface area contributed by atoms with Gasteiger partial charge in [-0.05, 0) is 31.4 Å². The Hall–Kier alpha value is -0.870. The van der Waals surface area contributed by atoms with Crippen LogP contribution < -0.4 is 0 Å². The highest BCUT2D eigenvalue weighted by molar-refractivity contribution is 7.86. The lowest BCUT2D eigenvalue weighted by Crippen LogP contribution is -2.10. The minimum Gasteiger partial charge on any atom is -0.266 e. The summed E-state index contributed by atoms with van der Waals surface area (Å²) < 4.78 is 29.4. The molecule has 1 atom stereocenters. The molecule has 0 N–H and O–H groups in total. The summed E-state index contributed by atoms with van der Waals surface area (Å²) in [5.41, 5.74) is 1.04. The van der Waals surface area contributed by atoms with Gasteiger partial charge in [0.2, 0.25) is 0 Å². The maximum atomic E-state index is 12.1. The standard InChI is InChI=1S/C22H38O3S/c1-4-5-6-7-8-9-10-11-12-13-20(2)18-19-25-26(23,24)22-16-14-21(3)15-17-22/h14-17,20H,4-13,18-19H2,1-3H3. The molecule has 0 heterocycles. The number of benzene rings is 1. The topological polar surface area (TPSA) is 43.4 Å². The molecule has 0 aliphatic rings. The van der Waals surface area contributed by atoms with Gasteiger partial charge in [0.05, 0.1) is 11.5 Å². The van der Waals surface area contributed by atoms with Crippen LogP contribution in [0.2, 0.25) is 0 Å². The first kappa shape index (κ1) is 23.2. The van der Waals surface area contributed by atoms with E-state index in [9.17, 15) is 8.42 Å². The van der Waals surface area contributed by atoms with Crippen LogP contribution in [-0.2, 0) is 14.3 Å². The van der Waals surface area contributed by atoms with Crippen molar-refractivity contribution < 1.29 is 12.6 Å². The van der Waals surface area contributed by atoms with Crippen molar-refractivity contribution in [3.05, 3.63) is 29.8 Å². The summed E-state index contributed by atoms with van der Waals surface area (Å²) in [5, 5.41) is 0. The van der Waals surface area contributed by atoms with E-state index in [0.717, 1.165) is 18.4 Å². The lowest BCUT2D eigenvalue weighted by Gasteiger charge is -2.12. The van der Waals surface area contributed by atoms with Crippen molar-refractivity contribution in [3.8, 4) is 0 Å². The Balaban J connectivity index is 2.07. The van der Waals surface area contributed by atoms with E-state index in [1.54, 1.807) is 24.3 Å². The van der Waals surface area contributed by atoms with Crippen LogP contribution in [0.3, 0.4) is 0 Å². The largest absolute Gasteiger partial charge is 0.296 e. The van der Waals surface area contributed by atoms with Gasteiger partial charge >= 0.3 is 0 Å². The molecule has 4 heteroatoms. The van der Waals surface area contributed by atoms with Gasteiger partial charge in [-0.3, -0.25) is 4.18 Å². The minimum absolute atomic E-state index is 0.245. The van der Waals surface area contributed by atoms with Gasteiger partial charge in [0.15, 0.2) is 0 Å². The molecule has 1 aromatic rings. The molecule has 0 saturated heterocycles. The Morgan fingerprint density at radius 3 is 1.96 bits per heavy atom. The van der Waals surface area contributed by atoms with E-state index >= 15 is 0 Å². The third kappa shape index (κ3) is 10.3. The van der Waals surface area contributed by atoms with E-state index < -0.39 is 10.1 Å². The van der Waals surface area contributed by atoms with Crippen LogP contribution >= 0.6 is 0 Å². The van der Waals surface area contributed by atoms with Gasteiger partial charge in [-0.2, -0.15) is 8.42 Å². The number of hydrogen-bond donors (Lipinski definition) is 0. The van der Waals surface area contributed by atoms with Crippen molar-refractivity contribution in [1.29, 1.82) is 0 Å². The van der Waals surface area contributed by atoms with Crippen LogP contribution in [0.25, 0.3) is 0 Å². The maximum Gasteiger partial charge on any atom is 0.296 e. The van der Waals surface area contributed by atoms with Crippen molar-refractivity contribution in [2.45, 2.75) is 96.3 Å². The second kappa shape index (κ2) is 13.3. The number of aryl methyl sites for hydroxylation is 1. The van der Waals surface area contributed by atoms with Gasteiger partial charge in [0.25, 0.3) is 10.1 Å². The van der Waals surface area contributed by atoms with E-state index in [1.165, 1.54) is 57.8 Å². The summed E-state index contributed by atoms with van der Waals surface area (Å²) in [6.45, 7) is 6.65. The molecular formula is C22H38O3S. The van der Waals surface area contributed by atoms with Crippen LogP contribution in [0.4, 0.5) is 0 Å². The van der Waals surface area contributed by atoms with Crippen molar-refractivity contribution in [2.75, 3.05) is 6.61 Å². The zero-order chi connectivity index (χ0) is 19.3. The first-order valence-electron chi connectivity index (χ1n) is 10.4. The molecule has 0 aromatic heterocycles. The minimum atomic E-state index is -3.61. The van der Waals surface area contributed by atoms with Crippen LogP contribution in [-0.4, -0.2) is 15.0 Å². The molecule has 0 amide bonds. The molecule has 0 fully saturated rings. The smallest absolute Gasteiger partial charge is 0.266 e.